The van der Waals surface area contributed by atoms with Crippen LogP contribution < -0.4 is 0 Å². The van der Waals surface area contributed by atoms with E-state index >= 15 is 0 Å². The maximum atomic E-state index is 3.46. The Kier molecular flexibility index (Phi) is 15.1. The van der Waals surface area contributed by atoms with Crippen molar-refractivity contribution >= 4 is 0 Å². The van der Waals surface area contributed by atoms with Crippen LogP contribution in [0.5, 0.6) is 0 Å². The number of rotatable bonds is 18. The molecule has 191 valence electrons. The average Bonchev–Trinajstić information content (AvgIpc) is 3.12. The summed E-state index contributed by atoms with van der Waals surface area (Å²) in [6.07, 6.45) is 25.0. The fourth-order valence-electron chi connectivity index (χ4n) is 6.28. The van der Waals surface area contributed by atoms with Crippen molar-refractivity contribution in [3.63, 3.8) is 0 Å². The fourth-order valence-corrected chi connectivity index (χ4v) is 6.28. The summed E-state index contributed by atoms with van der Waals surface area (Å²) in [5.74, 6) is 0. The van der Waals surface area contributed by atoms with Gasteiger partial charge in [-0.3, -0.25) is 0 Å². The first-order chi connectivity index (χ1) is 16.7. The third kappa shape index (κ3) is 8.81. The Hall–Kier alpha value is -0.456. The average molecular weight is 549 g/mol. The van der Waals surface area contributed by atoms with Gasteiger partial charge in [-0.05, 0) is 23.5 Å². The molecule has 0 spiro atoms. The van der Waals surface area contributed by atoms with Crippen LogP contribution in [0.15, 0.2) is 36.4 Å². The van der Waals surface area contributed by atoms with Gasteiger partial charge in [-0.25, -0.2) is 0 Å². The van der Waals surface area contributed by atoms with Gasteiger partial charge in [0.05, 0.1) is 0 Å². The molecule has 0 atom stereocenters. The molecule has 0 aliphatic heterocycles. The van der Waals surface area contributed by atoms with Gasteiger partial charge in [0.15, 0.2) is 0 Å². The van der Waals surface area contributed by atoms with Gasteiger partial charge in [0.1, 0.15) is 0 Å². The Balaban J connectivity index is 0.00000432. The zero-order chi connectivity index (χ0) is 24.1. The van der Waals surface area contributed by atoms with Crippen molar-refractivity contribution in [2.45, 2.75) is 142 Å². The summed E-state index contributed by atoms with van der Waals surface area (Å²) in [6, 6.07) is 17.5. The summed E-state index contributed by atoms with van der Waals surface area (Å²) in [4.78, 5) is 0. The van der Waals surface area contributed by atoms with Gasteiger partial charge in [-0.2, -0.15) is 24.3 Å². The predicted octanol–water partition coefficient (Wildman–Crippen LogP) is 11.1. The predicted molar refractivity (Wildman–Crippen MR) is 151 cm³/mol. The maximum absolute atomic E-state index is 3.46. The maximum Gasteiger partial charge on any atom is 0 e. The first kappa shape index (κ1) is 30.8. The molecule has 2 aromatic carbocycles. The first-order valence-corrected chi connectivity index (χ1v) is 14.8. The molecule has 0 saturated heterocycles. The van der Waals surface area contributed by atoms with E-state index < -0.39 is 0 Å². The van der Waals surface area contributed by atoms with Crippen molar-refractivity contribution in [1.82, 2.24) is 0 Å². The van der Waals surface area contributed by atoms with Gasteiger partial charge in [0.2, 0.25) is 0 Å². The molecule has 0 bridgehead atoms. The standard InChI is InChI=1S/C34H51.Y/c1-4-6-8-10-12-14-16-20-26-34(27-21-17-15-13-11-9-7-5-2)32-23-19-18-22-30(32)31-25-24-29(3)28-33(31)34;/h18,22-25,28H,4-17,20-21,26-27H2,1-3H3;/q-1;. The van der Waals surface area contributed by atoms with Crippen LogP contribution in [0, 0.1) is 13.0 Å². The second-order valence-corrected chi connectivity index (χ2v) is 11.1. The SMILES string of the molecule is CCCCCCCCCCC1(CCCCCCCCCC)c2c[c-]ccc2-c2ccc(C)cc21.[Y]. The van der Waals surface area contributed by atoms with E-state index in [0.717, 1.165) is 0 Å². The summed E-state index contributed by atoms with van der Waals surface area (Å²) in [5, 5.41) is 0. The van der Waals surface area contributed by atoms with E-state index in [0.29, 0.717) is 0 Å². The third-order valence-corrected chi connectivity index (χ3v) is 8.27. The van der Waals surface area contributed by atoms with Crippen molar-refractivity contribution < 1.29 is 32.7 Å². The van der Waals surface area contributed by atoms with Crippen molar-refractivity contribution in [1.29, 1.82) is 0 Å². The topological polar surface area (TPSA) is 0 Å². The molecule has 0 fully saturated rings. The van der Waals surface area contributed by atoms with Crippen molar-refractivity contribution in [3.05, 3.63) is 59.2 Å². The second-order valence-electron chi connectivity index (χ2n) is 11.1. The monoisotopic (exact) mass is 548 g/mol. The van der Waals surface area contributed by atoms with Crippen LogP contribution in [-0.4, -0.2) is 0 Å². The van der Waals surface area contributed by atoms with Gasteiger partial charge in [0.25, 0.3) is 0 Å². The Morgan fingerprint density at radius 1 is 0.600 bits per heavy atom. The molecular weight excluding hydrogens is 497 g/mol. The zero-order valence-electron chi connectivity index (χ0n) is 23.3. The molecule has 0 aromatic heterocycles. The van der Waals surface area contributed by atoms with E-state index in [4.69, 9.17) is 0 Å². The smallest absolute Gasteiger partial charge is 0 e. The number of benzene rings is 2. The molecule has 1 radical (unpaired) electrons. The van der Waals surface area contributed by atoms with E-state index in [9.17, 15) is 0 Å². The number of hydrogen-bond acceptors (Lipinski definition) is 0. The molecule has 35 heavy (non-hydrogen) atoms. The summed E-state index contributed by atoms with van der Waals surface area (Å²) in [6.45, 7) is 6.89. The number of aryl methyl sites for hydroxylation is 1. The molecule has 1 heteroatoms. The molecule has 0 N–H and O–H groups in total. The molecule has 1 aliphatic rings. The van der Waals surface area contributed by atoms with Gasteiger partial charge in [-0.1, -0.05) is 153 Å². The minimum atomic E-state index is 0. The van der Waals surface area contributed by atoms with Crippen molar-refractivity contribution in [3.8, 4) is 11.1 Å². The minimum Gasteiger partial charge on any atom is -0.183 e. The molecule has 0 heterocycles. The Bertz CT molecular complexity index is 816. The number of hydrogen-bond donors (Lipinski definition) is 0. The number of unbranched alkanes of at least 4 members (excludes halogenated alkanes) is 14. The van der Waals surface area contributed by atoms with Gasteiger partial charge in [0, 0.05) is 32.7 Å². The Labute approximate surface area is 243 Å². The van der Waals surface area contributed by atoms with Gasteiger partial charge in [-0.15, -0.1) is 11.1 Å². The van der Waals surface area contributed by atoms with Crippen LogP contribution in [0.3, 0.4) is 0 Å². The van der Waals surface area contributed by atoms with Crippen LogP contribution in [0.25, 0.3) is 11.1 Å². The van der Waals surface area contributed by atoms with Crippen molar-refractivity contribution in [2.75, 3.05) is 0 Å². The first-order valence-electron chi connectivity index (χ1n) is 14.8. The zero-order valence-corrected chi connectivity index (χ0v) is 26.1. The third-order valence-electron chi connectivity index (χ3n) is 8.27. The largest absolute Gasteiger partial charge is 0.183 e. The van der Waals surface area contributed by atoms with Crippen molar-refractivity contribution in [2.24, 2.45) is 0 Å². The quantitative estimate of drug-likeness (QED) is 0.128. The molecule has 0 amide bonds. The summed E-state index contributed by atoms with van der Waals surface area (Å²) >= 11 is 0. The molecular formula is C34H51Y-. The summed E-state index contributed by atoms with van der Waals surface area (Å²) in [5.41, 5.74) is 7.78. The summed E-state index contributed by atoms with van der Waals surface area (Å²) in [7, 11) is 0. The van der Waals surface area contributed by atoms with Crippen LogP contribution in [0.2, 0.25) is 0 Å². The van der Waals surface area contributed by atoms with Crippen LogP contribution in [-0.2, 0) is 38.1 Å². The van der Waals surface area contributed by atoms with Crippen LogP contribution >= 0.6 is 0 Å². The Morgan fingerprint density at radius 3 is 1.63 bits per heavy atom. The molecule has 2 aromatic rings. The van der Waals surface area contributed by atoms with E-state index in [1.54, 1.807) is 11.1 Å². The van der Waals surface area contributed by atoms with Gasteiger partial charge < -0.3 is 0 Å². The van der Waals surface area contributed by atoms with E-state index in [2.05, 4.69) is 63.2 Å². The molecule has 0 saturated carbocycles. The van der Waals surface area contributed by atoms with Crippen LogP contribution in [0.1, 0.15) is 146 Å². The fraction of sp³-hybridized carbons (Fsp3) is 0.647. The molecule has 0 unspecified atom stereocenters. The second kappa shape index (κ2) is 17.1. The molecule has 3 rings (SSSR count). The van der Waals surface area contributed by atoms with E-state index in [1.807, 2.05) is 0 Å². The van der Waals surface area contributed by atoms with E-state index in [-0.39, 0.29) is 38.1 Å². The molecule has 1 aliphatic carbocycles. The Morgan fingerprint density at radius 2 is 1.09 bits per heavy atom. The van der Waals surface area contributed by atoms with Crippen LogP contribution in [0.4, 0.5) is 0 Å². The van der Waals surface area contributed by atoms with Gasteiger partial charge >= 0.3 is 0 Å². The number of fused-ring (bicyclic) bond motifs is 3. The molecule has 0 nitrogen and oxygen atoms in total. The normalized spacial score (nSPS) is 13.3. The minimum absolute atomic E-state index is 0. The summed E-state index contributed by atoms with van der Waals surface area (Å²) < 4.78 is 0. The van der Waals surface area contributed by atoms with E-state index in [1.165, 1.54) is 132 Å².